The third-order valence-electron chi connectivity index (χ3n) is 2.73. The number of rotatable bonds is 3. The quantitative estimate of drug-likeness (QED) is 0.666. The Morgan fingerprint density at radius 1 is 1.10 bits per heavy atom. The van der Waals surface area contributed by atoms with Crippen molar-refractivity contribution in [2.24, 2.45) is 0 Å². The van der Waals surface area contributed by atoms with E-state index >= 15 is 0 Å². The van der Waals surface area contributed by atoms with Crippen molar-refractivity contribution in [2.45, 2.75) is 6.42 Å². The number of halogens is 3. The Morgan fingerprint density at radius 3 is 2.55 bits per heavy atom. The highest BCUT2D eigenvalue weighted by atomic mass is 19.2. The molecule has 102 valence electrons. The molecule has 6 heteroatoms. The van der Waals surface area contributed by atoms with Crippen LogP contribution in [0.2, 0.25) is 0 Å². The van der Waals surface area contributed by atoms with Crippen LogP contribution in [0.25, 0.3) is 0 Å². The van der Waals surface area contributed by atoms with Crippen molar-refractivity contribution < 1.29 is 13.2 Å². The molecule has 20 heavy (non-hydrogen) atoms. The first-order chi connectivity index (χ1) is 9.52. The lowest BCUT2D eigenvalue weighted by molar-refractivity contribution is 0.449. The maximum atomic E-state index is 13.5. The Morgan fingerprint density at radius 2 is 1.85 bits per heavy atom. The summed E-state index contributed by atoms with van der Waals surface area (Å²) in [6.07, 6.45) is 0.0988. The fourth-order valence-corrected chi connectivity index (χ4v) is 1.70. The molecule has 0 bridgehead atoms. The number of nitrogens with two attached hydrogens (primary N) is 1. The molecule has 2 aromatic carbocycles. The zero-order valence-corrected chi connectivity index (χ0v) is 10.3. The Labute approximate surface area is 113 Å². The third-order valence-corrected chi connectivity index (χ3v) is 2.73. The van der Waals surface area contributed by atoms with Crippen molar-refractivity contribution in [3.8, 4) is 6.07 Å². The Balaban J connectivity index is 2.33. The fraction of sp³-hybridized carbons (Fsp3) is 0.0714. The number of nitrogens with zero attached hydrogens (tertiary/aromatic N) is 1. The zero-order valence-electron chi connectivity index (χ0n) is 10.3. The van der Waals surface area contributed by atoms with Gasteiger partial charge in [-0.1, -0.05) is 0 Å². The second kappa shape index (κ2) is 5.53. The summed E-state index contributed by atoms with van der Waals surface area (Å²) in [4.78, 5) is 0. The SMILES string of the molecule is N#CCc1cc(Nc2ccc(F)c(F)c2F)ccc1N. The molecule has 0 aromatic heterocycles. The normalized spacial score (nSPS) is 10.1. The first-order valence-electron chi connectivity index (χ1n) is 5.69. The van der Waals surface area contributed by atoms with Crippen LogP contribution in [0.5, 0.6) is 0 Å². The first kappa shape index (κ1) is 13.7. The smallest absolute Gasteiger partial charge is 0.196 e. The van der Waals surface area contributed by atoms with E-state index in [4.69, 9.17) is 11.0 Å². The third kappa shape index (κ3) is 2.67. The van der Waals surface area contributed by atoms with E-state index in [0.717, 1.165) is 12.1 Å². The van der Waals surface area contributed by atoms with Crippen LogP contribution >= 0.6 is 0 Å². The minimum atomic E-state index is -1.54. The van der Waals surface area contributed by atoms with Crippen LogP contribution in [0.4, 0.5) is 30.2 Å². The van der Waals surface area contributed by atoms with Gasteiger partial charge in [0, 0.05) is 11.4 Å². The van der Waals surface area contributed by atoms with Crippen molar-refractivity contribution in [3.05, 3.63) is 53.3 Å². The Hall–Kier alpha value is -2.68. The summed E-state index contributed by atoms with van der Waals surface area (Å²) >= 11 is 0. The lowest BCUT2D eigenvalue weighted by atomic mass is 10.1. The molecule has 0 aliphatic carbocycles. The molecule has 0 heterocycles. The monoisotopic (exact) mass is 277 g/mol. The van der Waals surface area contributed by atoms with E-state index in [9.17, 15) is 13.2 Å². The number of nitrogen functional groups attached to an aromatic ring is 1. The van der Waals surface area contributed by atoms with E-state index in [2.05, 4.69) is 5.32 Å². The minimum Gasteiger partial charge on any atom is -0.398 e. The minimum absolute atomic E-state index is 0.0988. The number of benzene rings is 2. The summed E-state index contributed by atoms with van der Waals surface area (Å²) < 4.78 is 39.4. The molecule has 0 saturated carbocycles. The molecule has 3 N–H and O–H groups in total. The van der Waals surface area contributed by atoms with Gasteiger partial charge in [0.25, 0.3) is 0 Å². The largest absolute Gasteiger partial charge is 0.398 e. The van der Waals surface area contributed by atoms with Crippen molar-refractivity contribution in [3.63, 3.8) is 0 Å². The summed E-state index contributed by atoms with van der Waals surface area (Å²) in [5, 5.41) is 11.3. The number of hydrogen-bond donors (Lipinski definition) is 2. The highest BCUT2D eigenvalue weighted by Crippen LogP contribution is 2.25. The van der Waals surface area contributed by atoms with Crippen molar-refractivity contribution in [1.82, 2.24) is 0 Å². The molecule has 0 spiro atoms. The van der Waals surface area contributed by atoms with Crippen molar-refractivity contribution in [2.75, 3.05) is 11.1 Å². The van der Waals surface area contributed by atoms with E-state index in [1.165, 1.54) is 0 Å². The van der Waals surface area contributed by atoms with Gasteiger partial charge in [0.15, 0.2) is 17.5 Å². The van der Waals surface area contributed by atoms with Gasteiger partial charge in [0.2, 0.25) is 0 Å². The lowest BCUT2D eigenvalue weighted by Crippen LogP contribution is -2.00. The average Bonchev–Trinajstić information content (AvgIpc) is 2.43. The maximum absolute atomic E-state index is 13.5. The van der Waals surface area contributed by atoms with Gasteiger partial charge < -0.3 is 11.1 Å². The van der Waals surface area contributed by atoms with Crippen molar-refractivity contribution >= 4 is 17.1 Å². The van der Waals surface area contributed by atoms with Gasteiger partial charge in [-0.25, -0.2) is 13.2 Å². The maximum Gasteiger partial charge on any atom is 0.196 e. The van der Waals surface area contributed by atoms with Crippen LogP contribution in [0.3, 0.4) is 0 Å². The highest BCUT2D eigenvalue weighted by molar-refractivity contribution is 5.65. The summed E-state index contributed by atoms with van der Waals surface area (Å²) in [5.41, 5.74) is 6.91. The summed E-state index contributed by atoms with van der Waals surface area (Å²) in [6.45, 7) is 0. The fourth-order valence-electron chi connectivity index (χ4n) is 1.70. The molecular weight excluding hydrogens is 267 g/mol. The van der Waals surface area contributed by atoms with Gasteiger partial charge in [-0.3, -0.25) is 0 Å². The molecule has 2 aromatic rings. The zero-order chi connectivity index (χ0) is 14.7. The van der Waals surface area contributed by atoms with Gasteiger partial charge in [-0.05, 0) is 35.9 Å². The van der Waals surface area contributed by atoms with Gasteiger partial charge in [-0.15, -0.1) is 0 Å². The standard InChI is InChI=1S/C14H10F3N3/c15-10-2-4-12(14(17)13(10)16)20-9-1-3-11(19)8(7-9)5-6-18/h1-4,7,20H,5,19H2. The predicted octanol–water partition coefficient (Wildman–Crippen LogP) is 3.50. The predicted molar refractivity (Wildman–Crippen MR) is 69.8 cm³/mol. The van der Waals surface area contributed by atoms with Crippen molar-refractivity contribution in [1.29, 1.82) is 5.26 Å². The van der Waals surface area contributed by atoms with Crippen LogP contribution in [-0.4, -0.2) is 0 Å². The molecule has 0 aliphatic heterocycles. The van der Waals surface area contributed by atoms with E-state index < -0.39 is 17.5 Å². The van der Waals surface area contributed by atoms with E-state index in [1.54, 1.807) is 18.2 Å². The van der Waals surface area contributed by atoms with Crippen LogP contribution in [0, 0.1) is 28.8 Å². The molecule has 3 nitrogen and oxygen atoms in total. The van der Waals surface area contributed by atoms with Gasteiger partial charge >= 0.3 is 0 Å². The highest BCUT2D eigenvalue weighted by Gasteiger charge is 2.13. The van der Waals surface area contributed by atoms with E-state index in [1.807, 2.05) is 6.07 Å². The average molecular weight is 277 g/mol. The van der Waals surface area contributed by atoms with Crippen LogP contribution in [0.15, 0.2) is 30.3 Å². The molecule has 0 radical (unpaired) electrons. The molecule has 0 saturated heterocycles. The van der Waals surface area contributed by atoms with E-state index in [0.29, 0.717) is 16.9 Å². The summed E-state index contributed by atoms with van der Waals surface area (Å²) in [5.74, 6) is -4.10. The van der Waals surface area contributed by atoms with Gasteiger partial charge in [0.1, 0.15) is 0 Å². The van der Waals surface area contributed by atoms with E-state index in [-0.39, 0.29) is 12.1 Å². The molecule has 0 atom stereocenters. The second-order valence-corrected chi connectivity index (χ2v) is 4.10. The topological polar surface area (TPSA) is 61.8 Å². The number of nitrogens with one attached hydrogen (secondary N) is 1. The summed E-state index contributed by atoms with van der Waals surface area (Å²) in [7, 11) is 0. The van der Waals surface area contributed by atoms with Crippen LogP contribution in [-0.2, 0) is 6.42 Å². The molecule has 2 rings (SSSR count). The first-order valence-corrected chi connectivity index (χ1v) is 5.69. The lowest BCUT2D eigenvalue weighted by Gasteiger charge is -2.10. The number of anilines is 3. The van der Waals surface area contributed by atoms with Crippen LogP contribution < -0.4 is 11.1 Å². The number of nitriles is 1. The molecule has 0 unspecified atom stereocenters. The summed E-state index contributed by atoms with van der Waals surface area (Å²) in [6, 6.07) is 8.53. The van der Waals surface area contributed by atoms with Crippen LogP contribution in [0.1, 0.15) is 5.56 Å². The molecular formula is C14H10F3N3. The van der Waals surface area contributed by atoms with Gasteiger partial charge in [-0.2, -0.15) is 5.26 Å². The second-order valence-electron chi connectivity index (χ2n) is 4.10. The number of hydrogen-bond acceptors (Lipinski definition) is 3. The Kier molecular flexibility index (Phi) is 3.80. The van der Waals surface area contributed by atoms with Gasteiger partial charge in [0.05, 0.1) is 18.2 Å². The molecule has 0 aliphatic rings. The Bertz CT molecular complexity index is 693. The molecule has 0 fully saturated rings. The molecule has 0 amide bonds.